The van der Waals surface area contributed by atoms with Gasteiger partial charge in [0.05, 0.1) is 12.7 Å². The molecule has 2 fully saturated rings. The molecule has 1 saturated carbocycles. The lowest BCUT2D eigenvalue weighted by molar-refractivity contribution is -0.146. The predicted octanol–water partition coefficient (Wildman–Crippen LogP) is 2.45. The average Bonchev–Trinajstić information content (AvgIpc) is 3.02. The summed E-state index contributed by atoms with van der Waals surface area (Å²) in [6.07, 6.45) is 6.13. The molecule has 0 aromatic heterocycles. The van der Waals surface area contributed by atoms with Gasteiger partial charge in [-0.1, -0.05) is 13.0 Å². The monoisotopic (exact) mass is 224 g/mol. The summed E-state index contributed by atoms with van der Waals surface area (Å²) in [5.74, 6) is 0.428. The Kier molecular flexibility index (Phi) is 3.64. The maximum atomic E-state index is 11.4. The molecule has 0 aromatic carbocycles. The molecule has 3 nitrogen and oxygen atoms in total. The van der Waals surface area contributed by atoms with Crippen molar-refractivity contribution in [3.63, 3.8) is 0 Å². The van der Waals surface area contributed by atoms with Gasteiger partial charge >= 0.3 is 5.97 Å². The standard InChI is InChI=1S/C13H20O3/c1-9(2)13(14)16-11-5-3-4-10(6-11)7-12-8-15-12/h10-12H,1,3-8H2,2H3. The first-order valence-electron chi connectivity index (χ1n) is 6.13. The van der Waals surface area contributed by atoms with Gasteiger partial charge in [0, 0.05) is 5.57 Å². The third kappa shape index (κ3) is 3.34. The van der Waals surface area contributed by atoms with Crippen LogP contribution in [0.15, 0.2) is 12.2 Å². The Labute approximate surface area is 96.8 Å². The summed E-state index contributed by atoms with van der Waals surface area (Å²) in [5.41, 5.74) is 0.493. The van der Waals surface area contributed by atoms with Gasteiger partial charge in [0.1, 0.15) is 6.10 Å². The van der Waals surface area contributed by atoms with Crippen molar-refractivity contribution in [1.29, 1.82) is 0 Å². The molecule has 1 aliphatic carbocycles. The fourth-order valence-corrected chi connectivity index (χ4v) is 2.39. The highest BCUT2D eigenvalue weighted by Crippen LogP contribution is 2.32. The van der Waals surface area contributed by atoms with Gasteiger partial charge in [-0.05, 0) is 38.5 Å². The minimum Gasteiger partial charge on any atom is -0.459 e. The van der Waals surface area contributed by atoms with Crippen LogP contribution in [0.2, 0.25) is 0 Å². The average molecular weight is 224 g/mol. The second-order valence-corrected chi connectivity index (χ2v) is 5.03. The van der Waals surface area contributed by atoms with E-state index >= 15 is 0 Å². The zero-order chi connectivity index (χ0) is 11.5. The molecule has 90 valence electrons. The maximum absolute atomic E-state index is 11.4. The summed E-state index contributed by atoms with van der Waals surface area (Å²) in [4.78, 5) is 11.4. The minimum atomic E-state index is -0.242. The Hall–Kier alpha value is -0.830. The van der Waals surface area contributed by atoms with Crippen LogP contribution >= 0.6 is 0 Å². The third-order valence-corrected chi connectivity index (χ3v) is 3.36. The van der Waals surface area contributed by atoms with Crippen molar-refractivity contribution in [2.75, 3.05) is 6.61 Å². The molecule has 0 radical (unpaired) electrons. The number of ether oxygens (including phenoxy) is 2. The SMILES string of the molecule is C=C(C)C(=O)OC1CCCC(CC2CO2)C1. The molecule has 0 aromatic rings. The number of rotatable bonds is 4. The highest BCUT2D eigenvalue weighted by atomic mass is 16.6. The Morgan fingerprint density at radius 2 is 2.25 bits per heavy atom. The first-order chi connectivity index (χ1) is 7.65. The van der Waals surface area contributed by atoms with Gasteiger partial charge in [-0.3, -0.25) is 0 Å². The smallest absolute Gasteiger partial charge is 0.333 e. The zero-order valence-corrected chi connectivity index (χ0v) is 9.91. The van der Waals surface area contributed by atoms with Crippen molar-refractivity contribution in [2.45, 2.75) is 51.2 Å². The summed E-state index contributed by atoms with van der Waals surface area (Å²) in [6.45, 7) is 6.22. The maximum Gasteiger partial charge on any atom is 0.333 e. The highest BCUT2D eigenvalue weighted by molar-refractivity contribution is 5.87. The molecule has 1 saturated heterocycles. The molecule has 0 spiro atoms. The van der Waals surface area contributed by atoms with Gasteiger partial charge in [0.2, 0.25) is 0 Å². The Morgan fingerprint density at radius 3 is 2.88 bits per heavy atom. The number of carbonyl (C=O) groups excluding carboxylic acids is 1. The van der Waals surface area contributed by atoms with Gasteiger partial charge in [0.15, 0.2) is 0 Å². The lowest BCUT2D eigenvalue weighted by Crippen LogP contribution is -2.26. The predicted molar refractivity (Wildman–Crippen MR) is 61.0 cm³/mol. The van der Waals surface area contributed by atoms with Crippen LogP contribution < -0.4 is 0 Å². The van der Waals surface area contributed by atoms with E-state index in [4.69, 9.17) is 9.47 Å². The number of esters is 1. The fraction of sp³-hybridized carbons (Fsp3) is 0.769. The summed E-state index contributed by atoms with van der Waals surface area (Å²) < 4.78 is 10.6. The largest absolute Gasteiger partial charge is 0.459 e. The van der Waals surface area contributed by atoms with Crippen LogP contribution in [0.3, 0.4) is 0 Å². The van der Waals surface area contributed by atoms with Crippen molar-refractivity contribution < 1.29 is 14.3 Å². The second-order valence-electron chi connectivity index (χ2n) is 5.03. The van der Waals surface area contributed by atoms with E-state index in [1.807, 2.05) is 0 Å². The van der Waals surface area contributed by atoms with Crippen molar-refractivity contribution in [1.82, 2.24) is 0 Å². The van der Waals surface area contributed by atoms with Gasteiger partial charge in [0.25, 0.3) is 0 Å². The zero-order valence-electron chi connectivity index (χ0n) is 9.91. The first-order valence-corrected chi connectivity index (χ1v) is 6.13. The lowest BCUT2D eigenvalue weighted by Gasteiger charge is -2.28. The van der Waals surface area contributed by atoms with Crippen LogP contribution in [0.4, 0.5) is 0 Å². The van der Waals surface area contributed by atoms with Crippen molar-refractivity contribution in [2.24, 2.45) is 5.92 Å². The van der Waals surface area contributed by atoms with E-state index < -0.39 is 0 Å². The number of hydrogen-bond acceptors (Lipinski definition) is 3. The van der Waals surface area contributed by atoms with Crippen molar-refractivity contribution >= 4 is 5.97 Å². The minimum absolute atomic E-state index is 0.0988. The second kappa shape index (κ2) is 5.00. The van der Waals surface area contributed by atoms with Crippen molar-refractivity contribution in [3.05, 3.63) is 12.2 Å². The van der Waals surface area contributed by atoms with Crippen LogP contribution in [-0.2, 0) is 14.3 Å². The molecular weight excluding hydrogens is 204 g/mol. The van der Waals surface area contributed by atoms with Gasteiger partial charge < -0.3 is 9.47 Å². The summed E-state index contributed by atoms with van der Waals surface area (Å²) in [6, 6.07) is 0. The van der Waals surface area contributed by atoms with Crippen LogP contribution in [0.25, 0.3) is 0 Å². The fourth-order valence-electron chi connectivity index (χ4n) is 2.39. The van der Waals surface area contributed by atoms with Gasteiger partial charge in [-0.2, -0.15) is 0 Å². The molecule has 0 amide bonds. The third-order valence-electron chi connectivity index (χ3n) is 3.36. The molecule has 3 atom stereocenters. The highest BCUT2D eigenvalue weighted by Gasteiger charge is 2.31. The molecule has 2 aliphatic rings. The van der Waals surface area contributed by atoms with Crippen LogP contribution in [0.1, 0.15) is 39.0 Å². The quantitative estimate of drug-likeness (QED) is 0.418. The molecule has 3 unspecified atom stereocenters. The lowest BCUT2D eigenvalue weighted by atomic mass is 9.84. The summed E-state index contributed by atoms with van der Waals surface area (Å²) >= 11 is 0. The summed E-state index contributed by atoms with van der Waals surface area (Å²) in [7, 11) is 0. The topological polar surface area (TPSA) is 38.8 Å². The van der Waals surface area contributed by atoms with Gasteiger partial charge in [-0.25, -0.2) is 4.79 Å². The van der Waals surface area contributed by atoms with Crippen LogP contribution in [-0.4, -0.2) is 24.8 Å². The van der Waals surface area contributed by atoms with E-state index in [9.17, 15) is 4.79 Å². The summed E-state index contributed by atoms with van der Waals surface area (Å²) in [5, 5.41) is 0. The normalized spacial score (nSPS) is 33.2. The molecule has 1 heterocycles. The molecule has 0 bridgehead atoms. The van der Waals surface area contributed by atoms with E-state index in [0.29, 0.717) is 17.6 Å². The van der Waals surface area contributed by atoms with E-state index in [0.717, 1.165) is 32.3 Å². The molecule has 16 heavy (non-hydrogen) atoms. The molecule has 2 rings (SSSR count). The van der Waals surface area contributed by atoms with Crippen LogP contribution in [0, 0.1) is 5.92 Å². The van der Waals surface area contributed by atoms with Gasteiger partial charge in [-0.15, -0.1) is 0 Å². The number of epoxide rings is 1. The number of carbonyl (C=O) groups is 1. The molecular formula is C13H20O3. The molecule has 0 N–H and O–H groups in total. The molecule has 1 aliphatic heterocycles. The molecule has 3 heteroatoms. The van der Waals surface area contributed by atoms with Crippen molar-refractivity contribution in [3.8, 4) is 0 Å². The van der Waals surface area contributed by atoms with E-state index in [-0.39, 0.29) is 12.1 Å². The van der Waals surface area contributed by atoms with Crippen LogP contribution in [0.5, 0.6) is 0 Å². The Morgan fingerprint density at radius 1 is 1.50 bits per heavy atom. The number of hydrogen-bond donors (Lipinski definition) is 0. The first kappa shape index (κ1) is 11.6. The van der Waals surface area contributed by atoms with E-state index in [2.05, 4.69) is 6.58 Å². The Bertz CT molecular complexity index is 281. The van der Waals surface area contributed by atoms with E-state index in [1.165, 1.54) is 6.42 Å². The Balaban J connectivity index is 1.76. The van der Waals surface area contributed by atoms with E-state index in [1.54, 1.807) is 6.92 Å².